The van der Waals surface area contributed by atoms with Crippen molar-refractivity contribution in [3.05, 3.63) is 45.9 Å². The Morgan fingerprint density at radius 1 is 1.28 bits per heavy atom. The highest BCUT2D eigenvalue weighted by Crippen LogP contribution is 2.18. The first-order valence-corrected chi connectivity index (χ1v) is 10.2. The van der Waals surface area contributed by atoms with Crippen molar-refractivity contribution in [3.63, 3.8) is 0 Å². The maximum atomic E-state index is 12.6. The standard InChI is InChI=1S/C16H19N3O4S2/c1-12-15(24-11-18-12)16(20)17-10-13-2-4-14(5-3-13)25(21,22)19-6-8-23-9-7-19/h2-5,11H,6-10H2,1H3,(H,17,20). The normalized spacial score (nSPS) is 15.9. The molecule has 1 aromatic heterocycles. The SMILES string of the molecule is Cc1ncsc1C(=O)NCc1ccc(S(=O)(=O)N2CCOCC2)cc1. The Morgan fingerprint density at radius 3 is 2.56 bits per heavy atom. The lowest BCUT2D eigenvalue weighted by Gasteiger charge is -2.26. The number of carbonyl (C=O) groups is 1. The van der Waals surface area contributed by atoms with Gasteiger partial charge in [0, 0.05) is 19.6 Å². The van der Waals surface area contributed by atoms with Crippen LogP contribution in [0.4, 0.5) is 0 Å². The maximum absolute atomic E-state index is 12.6. The highest BCUT2D eigenvalue weighted by Gasteiger charge is 2.26. The molecule has 0 aliphatic carbocycles. The largest absolute Gasteiger partial charge is 0.379 e. The molecular formula is C16H19N3O4S2. The monoisotopic (exact) mass is 381 g/mol. The third-order valence-corrected chi connectivity index (χ3v) is 6.78. The first kappa shape index (κ1) is 18.0. The van der Waals surface area contributed by atoms with E-state index in [9.17, 15) is 13.2 Å². The third kappa shape index (κ3) is 4.06. The minimum atomic E-state index is -3.49. The van der Waals surface area contributed by atoms with Crippen LogP contribution in [0.25, 0.3) is 0 Å². The number of ether oxygens (including phenoxy) is 1. The Bertz CT molecular complexity index is 841. The Kier molecular flexibility index (Phi) is 5.48. The molecule has 7 nitrogen and oxygen atoms in total. The van der Waals surface area contributed by atoms with E-state index in [0.717, 1.165) is 5.56 Å². The van der Waals surface area contributed by atoms with Crippen LogP contribution in [0.15, 0.2) is 34.7 Å². The minimum Gasteiger partial charge on any atom is -0.379 e. The molecule has 3 rings (SSSR count). The summed E-state index contributed by atoms with van der Waals surface area (Å²) in [4.78, 5) is 17.0. The van der Waals surface area contributed by atoms with E-state index in [0.29, 0.717) is 43.4 Å². The van der Waals surface area contributed by atoms with Crippen molar-refractivity contribution in [3.8, 4) is 0 Å². The number of aromatic nitrogens is 1. The van der Waals surface area contributed by atoms with Crippen molar-refractivity contribution in [1.82, 2.24) is 14.6 Å². The van der Waals surface area contributed by atoms with Gasteiger partial charge in [0.15, 0.2) is 0 Å². The summed E-state index contributed by atoms with van der Waals surface area (Å²) in [7, 11) is -3.49. The van der Waals surface area contributed by atoms with E-state index in [1.54, 1.807) is 36.7 Å². The predicted octanol–water partition coefficient (Wildman–Crippen LogP) is 1.40. The number of hydrogen-bond donors (Lipinski definition) is 1. The molecule has 1 N–H and O–H groups in total. The van der Waals surface area contributed by atoms with Crippen LogP contribution < -0.4 is 5.32 Å². The molecule has 1 saturated heterocycles. The van der Waals surface area contributed by atoms with Gasteiger partial charge < -0.3 is 10.1 Å². The fraction of sp³-hybridized carbons (Fsp3) is 0.375. The molecular weight excluding hydrogens is 362 g/mol. The van der Waals surface area contributed by atoms with E-state index in [1.807, 2.05) is 0 Å². The molecule has 1 aliphatic heterocycles. The van der Waals surface area contributed by atoms with E-state index < -0.39 is 10.0 Å². The van der Waals surface area contributed by atoms with Gasteiger partial charge in [-0.25, -0.2) is 13.4 Å². The van der Waals surface area contributed by atoms with Crippen LogP contribution in [-0.4, -0.2) is 49.9 Å². The third-order valence-electron chi connectivity index (χ3n) is 3.94. The van der Waals surface area contributed by atoms with E-state index in [1.165, 1.54) is 15.6 Å². The maximum Gasteiger partial charge on any atom is 0.263 e. The first-order chi connectivity index (χ1) is 12.0. The molecule has 1 aromatic carbocycles. The number of sulfonamides is 1. The zero-order chi connectivity index (χ0) is 17.9. The summed E-state index contributed by atoms with van der Waals surface area (Å²) in [6.07, 6.45) is 0. The number of hydrogen-bond acceptors (Lipinski definition) is 6. The van der Waals surface area contributed by atoms with Gasteiger partial charge in [-0.3, -0.25) is 4.79 Å². The number of amides is 1. The molecule has 0 unspecified atom stereocenters. The predicted molar refractivity (Wildman–Crippen MR) is 94.0 cm³/mol. The Hall–Kier alpha value is -1.81. The van der Waals surface area contributed by atoms with E-state index in [2.05, 4.69) is 10.3 Å². The Balaban J connectivity index is 1.64. The number of aryl methyl sites for hydroxylation is 1. The second kappa shape index (κ2) is 7.61. The minimum absolute atomic E-state index is 0.176. The lowest BCUT2D eigenvalue weighted by atomic mass is 10.2. The molecule has 1 aliphatic rings. The van der Waals surface area contributed by atoms with Gasteiger partial charge in [0.1, 0.15) is 4.88 Å². The molecule has 0 atom stereocenters. The Morgan fingerprint density at radius 2 is 1.96 bits per heavy atom. The van der Waals surface area contributed by atoms with Gasteiger partial charge in [0.25, 0.3) is 5.91 Å². The zero-order valence-electron chi connectivity index (χ0n) is 13.8. The second-order valence-electron chi connectivity index (χ2n) is 5.61. The molecule has 0 spiro atoms. The molecule has 25 heavy (non-hydrogen) atoms. The highest BCUT2D eigenvalue weighted by molar-refractivity contribution is 7.89. The number of thiazole rings is 1. The van der Waals surface area contributed by atoms with Gasteiger partial charge in [0.05, 0.1) is 29.3 Å². The van der Waals surface area contributed by atoms with Gasteiger partial charge in [-0.1, -0.05) is 12.1 Å². The van der Waals surface area contributed by atoms with E-state index in [4.69, 9.17) is 4.74 Å². The van der Waals surface area contributed by atoms with Crippen molar-refractivity contribution in [1.29, 1.82) is 0 Å². The average Bonchev–Trinajstić information content (AvgIpc) is 3.07. The molecule has 0 radical (unpaired) electrons. The summed E-state index contributed by atoms with van der Waals surface area (Å²) in [5.41, 5.74) is 3.17. The molecule has 0 saturated carbocycles. The summed E-state index contributed by atoms with van der Waals surface area (Å²) in [6, 6.07) is 6.58. The van der Waals surface area contributed by atoms with Crippen molar-refractivity contribution in [2.75, 3.05) is 26.3 Å². The number of morpholine rings is 1. The quantitative estimate of drug-likeness (QED) is 0.846. The number of benzene rings is 1. The molecule has 9 heteroatoms. The van der Waals surface area contributed by atoms with Crippen LogP contribution in [-0.2, 0) is 21.3 Å². The Labute approximate surface area is 150 Å². The van der Waals surface area contributed by atoms with E-state index >= 15 is 0 Å². The van der Waals surface area contributed by atoms with Crippen LogP contribution in [0.5, 0.6) is 0 Å². The smallest absolute Gasteiger partial charge is 0.263 e. The topological polar surface area (TPSA) is 88.6 Å². The van der Waals surface area contributed by atoms with Gasteiger partial charge in [0.2, 0.25) is 10.0 Å². The molecule has 1 amide bonds. The second-order valence-corrected chi connectivity index (χ2v) is 8.40. The van der Waals surface area contributed by atoms with Crippen molar-refractivity contribution in [2.24, 2.45) is 0 Å². The van der Waals surface area contributed by atoms with Gasteiger partial charge >= 0.3 is 0 Å². The molecule has 134 valence electrons. The molecule has 2 heterocycles. The van der Waals surface area contributed by atoms with Crippen LogP contribution in [0.3, 0.4) is 0 Å². The van der Waals surface area contributed by atoms with Crippen LogP contribution in [0, 0.1) is 6.92 Å². The van der Waals surface area contributed by atoms with Gasteiger partial charge in [-0.15, -0.1) is 11.3 Å². The van der Waals surface area contributed by atoms with Crippen LogP contribution >= 0.6 is 11.3 Å². The number of carbonyl (C=O) groups excluding carboxylic acids is 1. The zero-order valence-corrected chi connectivity index (χ0v) is 15.4. The van der Waals surface area contributed by atoms with Crippen molar-refractivity contribution >= 4 is 27.3 Å². The molecule has 2 aromatic rings. The summed E-state index contributed by atoms with van der Waals surface area (Å²) >= 11 is 1.30. The fourth-order valence-electron chi connectivity index (χ4n) is 2.50. The van der Waals surface area contributed by atoms with Crippen LogP contribution in [0.2, 0.25) is 0 Å². The lowest BCUT2D eigenvalue weighted by Crippen LogP contribution is -2.40. The first-order valence-electron chi connectivity index (χ1n) is 7.83. The molecule has 0 bridgehead atoms. The fourth-order valence-corrected chi connectivity index (χ4v) is 4.62. The summed E-state index contributed by atoms with van der Waals surface area (Å²) in [5.74, 6) is -0.176. The lowest BCUT2D eigenvalue weighted by molar-refractivity contribution is 0.0730. The van der Waals surface area contributed by atoms with E-state index in [-0.39, 0.29) is 10.8 Å². The molecule has 1 fully saturated rings. The summed E-state index contributed by atoms with van der Waals surface area (Å²) in [5, 5.41) is 2.82. The average molecular weight is 381 g/mol. The number of nitrogens with zero attached hydrogens (tertiary/aromatic N) is 2. The van der Waals surface area contributed by atoms with Crippen molar-refractivity contribution in [2.45, 2.75) is 18.4 Å². The highest BCUT2D eigenvalue weighted by atomic mass is 32.2. The van der Waals surface area contributed by atoms with Crippen molar-refractivity contribution < 1.29 is 17.9 Å². The van der Waals surface area contributed by atoms with Crippen LogP contribution in [0.1, 0.15) is 20.9 Å². The number of nitrogens with one attached hydrogen (secondary N) is 1. The van der Waals surface area contributed by atoms with Gasteiger partial charge in [-0.05, 0) is 24.6 Å². The number of rotatable bonds is 5. The van der Waals surface area contributed by atoms with Gasteiger partial charge in [-0.2, -0.15) is 4.31 Å². The summed E-state index contributed by atoms with van der Waals surface area (Å²) < 4.78 is 31.7. The summed E-state index contributed by atoms with van der Waals surface area (Å²) in [6.45, 7) is 3.69.